The minimum Gasteiger partial charge on any atom is -0.481 e. The quantitative estimate of drug-likeness (QED) is 0.0137. The number of guanidine groups is 2. The fourth-order valence-corrected chi connectivity index (χ4v) is 5.61. The van der Waals surface area contributed by atoms with Gasteiger partial charge in [-0.2, -0.15) is 0 Å². The molecule has 0 aliphatic rings. The number of nitrogens with one attached hydrogen (secondary N) is 8. The van der Waals surface area contributed by atoms with E-state index in [2.05, 4.69) is 38.8 Å². The number of ketones is 2. The summed E-state index contributed by atoms with van der Waals surface area (Å²) in [5, 5.41) is 39.6. The Hall–Kier alpha value is -4.52. The summed E-state index contributed by atoms with van der Waals surface area (Å²) in [6.45, 7) is 2.80. The lowest BCUT2D eigenvalue weighted by molar-refractivity contribution is -0.139. The van der Waals surface area contributed by atoms with Crippen molar-refractivity contribution < 1.29 is 38.7 Å². The maximum Gasteiger partial charge on any atom is 0.303 e. The monoisotopic (exact) mass is 801 g/mol. The molecule has 0 bridgehead atoms. The van der Waals surface area contributed by atoms with Crippen LogP contribution in [-0.4, -0.2) is 108 Å². The normalized spacial score (nSPS) is 12.9. The van der Waals surface area contributed by atoms with Crippen molar-refractivity contribution in [1.29, 1.82) is 10.8 Å². The lowest BCUT2D eigenvalue weighted by atomic mass is 10.0. The van der Waals surface area contributed by atoms with Gasteiger partial charge in [0, 0.05) is 25.9 Å². The summed E-state index contributed by atoms with van der Waals surface area (Å²) in [5.74, 6) is -7.17. The first-order valence-corrected chi connectivity index (χ1v) is 19.6. The maximum absolute atomic E-state index is 13.7. The zero-order valence-corrected chi connectivity index (χ0v) is 32.8. The molecule has 0 rings (SSSR count). The number of halogens is 1. The summed E-state index contributed by atoms with van der Waals surface area (Å²) >= 11 is 5.60. The predicted octanol–water partition coefficient (Wildman–Crippen LogP) is -0.0364. The molecular weight excluding hydrogens is 738 g/mol. The van der Waals surface area contributed by atoms with E-state index in [9.17, 15) is 38.7 Å². The van der Waals surface area contributed by atoms with Crippen LogP contribution in [0.2, 0.25) is 0 Å². The number of Topliss-reactive ketones (excluding diaryl/α,β-unsaturated/α-hetero) is 2. The van der Waals surface area contributed by atoms with Crippen LogP contribution in [0.4, 0.5) is 0 Å². The zero-order chi connectivity index (χ0) is 41.6. The molecule has 0 aromatic heterocycles. The number of carboxylic acid groups (broad SMARTS) is 1. The van der Waals surface area contributed by atoms with Crippen LogP contribution in [0.3, 0.4) is 0 Å². The molecule has 4 amide bonds. The molecule has 15 N–H and O–H groups in total. The number of hydrogen-bond donors (Lipinski definition) is 12. The maximum atomic E-state index is 13.7. The van der Waals surface area contributed by atoms with Crippen LogP contribution in [0.1, 0.15) is 116 Å². The Morgan fingerprint density at radius 1 is 0.600 bits per heavy atom. The van der Waals surface area contributed by atoms with Gasteiger partial charge in [-0.05, 0) is 64.3 Å². The molecule has 0 aliphatic heterocycles. The van der Waals surface area contributed by atoms with Crippen LogP contribution in [0, 0.1) is 10.8 Å². The van der Waals surface area contributed by atoms with Gasteiger partial charge in [-0.25, -0.2) is 0 Å². The van der Waals surface area contributed by atoms with Crippen LogP contribution in [0.5, 0.6) is 0 Å². The Balaban J connectivity index is 6.06. The molecule has 0 spiro atoms. The van der Waals surface area contributed by atoms with E-state index in [-0.39, 0.29) is 76.0 Å². The molecule has 0 aliphatic carbocycles. The van der Waals surface area contributed by atoms with Gasteiger partial charge >= 0.3 is 5.97 Å². The van der Waals surface area contributed by atoms with Crippen LogP contribution in [0.25, 0.3) is 0 Å². The number of unbranched alkanes of at least 4 members (excludes halogenated alkanes) is 7. The topological polar surface area (TPSA) is 338 Å². The van der Waals surface area contributed by atoms with Crippen molar-refractivity contribution in [1.82, 2.24) is 31.9 Å². The van der Waals surface area contributed by atoms with Crippen molar-refractivity contribution in [3.63, 3.8) is 0 Å². The van der Waals surface area contributed by atoms with Gasteiger partial charge in [-0.15, -0.1) is 11.6 Å². The summed E-state index contributed by atoms with van der Waals surface area (Å²) in [7, 11) is 0. The molecule has 0 radical (unpaired) electrons. The van der Waals surface area contributed by atoms with Crippen molar-refractivity contribution in [2.24, 2.45) is 17.2 Å². The number of rotatable bonds is 33. The summed E-state index contributed by atoms with van der Waals surface area (Å²) in [6.07, 6.45) is 7.74. The highest BCUT2D eigenvalue weighted by Crippen LogP contribution is 2.11. The Morgan fingerprint density at radius 2 is 1.05 bits per heavy atom. The van der Waals surface area contributed by atoms with Crippen LogP contribution in [0.15, 0.2) is 0 Å². The Kier molecular flexibility index (Phi) is 28.2. The lowest BCUT2D eigenvalue weighted by Gasteiger charge is -2.26. The van der Waals surface area contributed by atoms with Crippen molar-refractivity contribution in [2.75, 3.05) is 25.5 Å². The first kappa shape index (κ1) is 50.5. The number of amides is 4. The molecule has 55 heavy (non-hydrogen) atoms. The van der Waals surface area contributed by atoms with E-state index in [0.717, 1.165) is 38.5 Å². The molecule has 20 heteroatoms. The average molecular weight is 802 g/mol. The molecule has 0 fully saturated rings. The fraction of sp³-hybridized carbons (Fsp3) is 0.743. The van der Waals surface area contributed by atoms with Gasteiger partial charge in [0.25, 0.3) is 0 Å². The minimum atomic E-state index is -1.45. The van der Waals surface area contributed by atoms with E-state index in [1.807, 2.05) is 0 Å². The standard InChI is InChI=1S/C35H64ClN11O8/c1-2-3-4-5-6-7-8-16-28(49)44-24(15-12-21-43-35(40)41)31(53)47-26(17-18-29(50)51)33(55)46-25(13-9-10-19-37)32(54)45-23(30(52)27(48)22-36)14-11-20-42-34(38)39/h23-26H,2-22,37H2,1H3,(H,44,49)(H,45,54)(H,46,55)(H,47,53)(H,50,51)(H4,38,39,42)(H4,40,41,43)/t23-,24-,25-,26-/m0/s1. The molecule has 0 aromatic rings. The Morgan fingerprint density at radius 3 is 1.55 bits per heavy atom. The van der Waals surface area contributed by atoms with E-state index in [4.69, 9.17) is 39.6 Å². The smallest absolute Gasteiger partial charge is 0.303 e. The molecule has 0 saturated carbocycles. The van der Waals surface area contributed by atoms with Crippen LogP contribution in [-0.2, 0) is 33.6 Å². The van der Waals surface area contributed by atoms with Gasteiger partial charge in [0.15, 0.2) is 11.9 Å². The second-order valence-corrected chi connectivity index (χ2v) is 13.5. The van der Waals surface area contributed by atoms with E-state index in [1.54, 1.807) is 0 Å². The number of carbonyl (C=O) groups is 7. The number of carboxylic acids is 1. The third kappa shape index (κ3) is 25.2. The van der Waals surface area contributed by atoms with Crippen LogP contribution < -0.4 is 49.1 Å². The van der Waals surface area contributed by atoms with Crippen molar-refractivity contribution >= 4 is 64.7 Å². The van der Waals surface area contributed by atoms with Gasteiger partial charge < -0.3 is 54.2 Å². The second kappa shape index (κ2) is 30.8. The predicted molar refractivity (Wildman–Crippen MR) is 209 cm³/mol. The first-order valence-electron chi connectivity index (χ1n) is 19.1. The van der Waals surface area contributed by atoms with Crippen molar-refractivity contribution in [3.8, 4) is 0 Å². The van der Waals surface area contributed by atoms with Crippen molar-refractivity contribution in [2.45, 2.75) is 140 Å². The SMILES string of the molecule is CCCCCCCCCC(=O)N[C@@H](CCCNC(=N)N)C(=O)N[C@@H](CCC(=O)O)C(=O)N[C@@H](CCCCN)C(=O)N[C@@H](CCCNC(=N)N)C(=O)C(=O)CCl. The largest absolute Gasteiger partial charge is 0.481 e. The summed E-state index contributed by atoms with van der Waals surface area (Å²) in [6, 6.07) is -5.15. The van der Waals surface area contributed by atoms with Gasteiger partial charge in [-0.3, -0.25) is 44.4 Å². The molecule has 0 heterocycles. The molecule has 0 aromatic carbocycles. The van der Waals surface area contributed by atoms with Gasteiger partial charge in [0.2, 0.25) is 35.2 Å². The Labute approximate surface area is 328 Å². The summed E-state index contributed by atoms with van der Waals surface area (Å²) < 4.78 is 0. The van der Waals surface area contributed by atoms with E-state index in [0.29, 0.717) is 25.7 Å². The minimum absolute atomic E-state index is 0.0255. The highest BCUT2D eigenvalue weighted by atomic mass is 35.5. The number of aliphatic carboxylic acids is 1. The number of carbonyl (C=O) groups excluding carboxylic acids is 6. The lowest BCUT2D eigenvalue weighted by Crippen LogP contribution is -2.58. The average Bonchev–Trinajstić information content (AvgIpc) is 3.13. The highest BCUT2D eigenvalue weighted by molar-refractivity contribution is 6.48. The highest BCUT2D eigenvalue weighted by Gasteiger charge is 2.32. The van der Waals surface area contributed by atoms with E-state index < -0.39 is 71.7 Å². The van der Waals surface area contributed by atoms with Crippen LogP contribution >= 0.6 is 11.6 Å². The Bertz CT molecular complexity index is 1260. The zero-order valence-electron chi connectivity index (χ0n) is 32.1. The van der Waals surface area contributed by atoms with Crippen molar-refractivity contribution in [3.05, 3.63) is 0 Å². The fourth-order valence-electron chi connectivity index (χ4n) is 5.48. The third-order valence-corrected chi connectivity index (χ3v) is 8.76. The molecule has 19 nitrogen and oxygen atoms in total. The molecule has 0 unspecified atom stereocenters. The van der Waals surface area contributed by atoms with E-state index >= 15 is 0 Å². The molecule has 0 saturated heterocycles. The number of hydrogen-bond acceptors (Lipinski definition) is 10. The first-order chi connectivity index (χ1) is 26.2. The summed E-state index contributed by atoms with van der Waals surface area (Å²) in [5.41, 5.74) is 16.3. The second-order valence-electron chi connectivity index (χ2n) is 13.3. The number of alkyl halides is 1. The van der Waals surface area contributed by atoms with Gasteiger partial charge in [0.05, 0.1) is 11.9 Å². The molecular formula is C35H64ClN11O8. The summed E-state index contributed by atoms with van der Waals surface area (Å²) in [4.78, 5) is 90.3. The van der Waals surface area contributed by atoms with Gasteiger partial charge in [0.1, 0.15) is 18.1 Å². The van der Waals surface area contributed by atoms with E-state index in [1.165, 1.54) is 0 Å². The number of nitrogens with two attached hydrogens (primary N) is 3. The van der Waals surface area contributed by atoms with Gasteiger partial charge in [-0.1, -0.05) is 45.4 Å². The third-order valence-electron chi connectivity index (χ3n) is 8.52. The molecule has 314 valence electrons. The molecule has 4 atom stereocenters.